The summed E-state index contributed by atoms with van der Waals surface area (Å²) in [7, 11) is -2.75. The van der Waals surface area contributed by atoms with Gasteiger partial charge in [-0.05, 0) is 42.7 Å². The minimum atomic E-state index is -2.75. The minimum absolute atomic E-state index is 0.298. The Balaban J connectivity index is 1.63. The number of sulfone groups is 1. The number of fused-ring (bicyclic) bond motifs is 1. The molecule has 1 aromatic rings. The Hall–Kier alpha value is -0.520. The average molecular weight is 297 g/mol. The highest BCUT2D eigenvalue weighted by molar-refractivity contribution is 7.99. The Bertz CT molecular complexity index is 556. The van der Waals surface area contributed by atoms with Crippen LogP contribution in [-0.4, -0.2) is 32.2 Å². The Morgan fingerprint density at radius 1 is 1.26 bits per heavy atom. The van der Waals surface area contributed by atoms with Crippen molar-refractivity contribution in [2.45, 2.75) is 23.8 Å². The highest BCUT2D eigenvalue weighted by Gasteiger charge is 2.29. The largest absolute Gasteiger partial charge is 0.310 e. The third-order valence-corrected chi connectivity index (χ3v) is 6.90. The molecule has 0 amide bonds. The second kappa shape index (κ2) is 5.46. The van der Waals surface area contributed by atoms with Crippen LogP contribution in [0.3, 0.4) is 0 Å². The van der Waals surface area contributed by atoms with Crippen molar-refractivity contribution in [1.82, 2.24) is 5.32 Å². The van der Waals surface area contributed by atoms with Gasteiger partial charge in [-0.1, -0.05) is 18.2 Å². The maximum absolute atomic E-state index is 11.5. The Labute approximate surface area is 119 Å². The molecular weight excluding hydrogens is 278 g/mol. The van der Waals surface area contributed by atoms with Gasteiger partial charge in [0, 0.05) is 10.9 Å². The van der Waals surface area contributed by atoms with Crippen LogP contribution in [0, 0.1) is 5.92 Å². The second-order valence-electron chi connectivity index (χ2n) is 5.40. The van der Waals surface area contributed by atoms with E-state index >= 15 is 0 Å². The molecule has 104 valence electrons. The van der Waals surface area contributed by atoms with Crippen LogP contribution in [0.25, 0.3) is 0 Å². The van der Waals surface area contributed by atoms with Gasteiger partial charge in [0.05, 0.1) is 11.5 Å². The molecule has 19 heavy (non-hydrogen) atoms. The molecule has 0 spiro atoms. The SMILES string of the molecule is O=S1(=O)CCC(CNC2CCSc3ccccc32)C1. The topological polar surface area (TPSA) is 46.2 Å². The summed E-state index contributed by atoms with van der Waals surface area (Å²) < 4.78 is 22.9. The van der Waals surface area contributed by atoms with Gasteiger partial charge in [-0.15, -0.1) is 11.8 Å². The lowest BCUT2D eigenvalue weighted by atomic mass is 10.0. The van der Waals surface area contributed by atoms with E-state index in [0.717, 1.165) is 25.1 Å². The summed E-state index contributed by atoms with van der Waals surface area (Å²) in [6, 6.07) is 8.91. The smallest absolute Gasteiger partial charge is 0.150 e. The van der Waals surface area contributed by atoms with Gasteiger partial charge in [-0.25, -0.2) is 8.42 Å². The first-order chi connectivity index (χ1) is 9.14. The first-order valence-corrected chi connectivity index (χ1v) is 9.60. The summed E-state index contributed by atoms with van der Waals surface area (Å²) in [6.07, 6.45) is 1.94. The Morgan fingerprint density at radius 2 is 2.11 bits per heavy atom. The molecule has 2 unspecified atom stereocenters. The van der Waals surface area contributed by atoms with Gasteiger partial charge in [0.25, 0.3) is 0 Å². The van der Waals surface area contributed by atoms with Crippen molar-refractivity contribution in [2.75, 3.05) is 23.8 Å². The zero-order valence-electron chi connectivity index (χ0n) is 10.8. The van der Waals surface area contributed by atoms with Gasteiger partial charge in [0.1, 0.15) is 0 Å². The summed E-state index contributed by atoms with van der Waals surface area (Å²) in [5.74, 6) is 2.17. The summed E-state index contributed by atoms with van der Waals surface area (Å²) in [5.41, 5.74) is 1.37. The van der Waals surface area contributed by atoms with Crippen molar-refractivity contribution in [3.05, 3.63) is 29.8 Å². The lowest BCUT2D eigenvalue weighted by Crippen LogP contribution is -2.30. The molecule has 1 fully saturated rings. The average Bonchev–Trinajstić information content (AvgIpc) is 2.76. The zero-order valence-corrected chi connectivity index (χ0v) is 12.5. The van der Waals surface area contributed by atoms with E-state index in [1.54, 1.807) is 0 Å². The highest BCUT2D eigenvalue weighted by atomic mass is 32.2. The van der Waals surface area contributed by atoms with E-state index in [-0.39, 0.29) is 0 Å². The van der Waals surface area contributed by atoms with Crippen LogP contribution in [0.4, 0.5) is 0 Å². The van der Waals surface area contributed by atoms with Gasteiger partial charge in [-0.3, -0.25) is 0 Å². The fourth-order valence-corrected chi connectivity index (χ4v) is 5.88. The normalized spacial score (nSPS) is 29.1. The van der Waals surface area contributed by atoms with E-state index in [2.05, 4.69) is 29.6 Å². The molecule has 2 atom stereocenters. The van der Waals surface area contributed by atoms with Crippen molar-refractivity contribution in [1.29, 1.82) is 0 Å². The van der Waals surface area contributed by atoms with E-state index in [1.165, 1.54) is 10.5 Å². The molecule has 3 rings (SSSR count). The molecule has 0 bridgehead atoms. The number of nitrogens with one attached hydrogen (secondary N) is 1. The number of thioether (sulfide) groups is 1. The second-order valence-corrected chi connectivity index (χ2v) is 8.77. The molecule has 1 aromatic carbocycles. The number of hydrogen-bond donors (Lipinski definition) is 1. The summed E-state index contributed by atoms with van der Waals surface area (Å²) in [5, 5.41) is 3.58. The molecular formula is C14H19NO2S2. The first-order valence-electron chi connectivity index (χ1n) is 6.79. The maximum atomic E-state index is 11.5. The monoisotopic (exact) mass is 297 g/mol. The molecule has 2 aliphatic heterocycles. The number of rotatable bonds is 3. The predicted octanol–water partition coefficient (Wildman–Crippen LogP) is 2.25. The Morgan fingerprint density at radius 3 is 2.89 bits per heavy atom. The molecule has 1 N–H and O–H groups in total. The lowest BCUT2D eigenvalue weighted by molar-refractivity contribution is 0.445. The predicted molar refractivity (Wildman–Crippen MR) is 79.3 cm³/mol. The van der Waals surface area contributed by atoms with Gasteiger partial charge in [0.2, 0.25) is 0 Å². The first kappa shape index (κ1) is 13.5. The Kier molecular flexibility index (Phi) is 3.87. The van der Waals surface area contributed by atoms with Gasteiger partial charge < -0.3 is 5.32 Å². The molecule has 2 aliphatic rings. The van der Waals surface area contributed by atoms with E-state index in [0.29, 0.717) is 23.5 Å². The molecule has 0 aromatic heterocycles. The van der Waals surface area contributed by atoms with Crippen molar-refractivity contribution < 1.29 is 8.42 Å². The van der Waals surface area contributed by atoms with Crippen molar-refractivity contribution in [2.24, 2.45) is 5.92 Å². The standard InChI is InChI=1S/C14H19NO2S2/c16-19(17)8-6-11(10-19)9-15-13-5-7-18-14-4-2-1-3-12(13)14/h1-4,11,13,15H,5-10H2. The number of hydrogen-bond acceptors (Lipinski definition) is 4. The van der Waals surface area contributed by atoms with E-state index in [4.69, 9.17) is 0 Å². The number of benzene rings is 1. The third-order valence-electron chi connectivity index (χ3n) is 3.94. The van der Waals surface area contributed by atoms with Crippen LogP contribution in [0.1, 0.15) is 24.4 Å². The van der Waals surface area contributed by atoms with Crippen LogP contribution in [0.15, 0.2) is 29.2 Å². The summed E-state index contributed by atoms with van der Waals surface area (Å²) in [6.45, 7) is 0.822. The molecule has 3 nitrogen and oxygen atoms in total. The van der Waals surface area contributed by atoms with Crippen molar-refractivity contribution >= 4 is 21.6 Å². The van der Waals surface area contributed by atoms with Gasteiger partial charge in [-0.2, -0.15) is 0 Å². The molecule has 2 heterocycles. The van der Waals surface area contributed by atoms with Crippen LogP contribution < -0.4 is 5.32 Å². The molecule has 0 saturated carbocycles. The fraction of sp³-hybridized carbons (Fsp3) is 0.571. The fourth-order valence-electron chi connectivity index (χ4n) is 2.90. The van der Waals surface area contributed by atoms with Crippen LogP contribution in [0.5, 0.6) is 0 Å². The quantitative estimate of drug-likeness (QED) is 0.929. The van der Waals surface area contributed by atoms with Gasteiger partial charge >= 0.3 is 0 Å². The van der Waals surface area contributed by atoms with Crippen LogP contribution in [-0.2, 0) is 9.84 Å². The van der Waals surface area contributed by atoms with Crippen LogP contribution >= 0.6 is 11.8 Å². The molecule has 0 radical (unpaired) electrons. The molecule has 0 aliphatic carbocycles. The van der Waals surface area contributed by atoms with E-state index in [1.807, 2.05) is 11.8 Å². The molecule has 1 saturated heterocycles. The summed E-state index contributed by atoms with van der Waals surface area (Å²) >= 11 is 1.91. The maximum Gasteiger partial charge on any atom is 0.150 e. The van der Waals surface area contributed by atoms with E-state index in [9.17, 15) is 8.42 Å². The minimum Gasteiger partial charge on any atom is -0.310 e. The zero-order chi connectivity index (χ0) is 13.3. The van der Waals surface area contributed by atoms with Crippen molar-refractivity contribution in [3.8, 4) is 0 Å². The van der Waals surface area contributed by atoms with Crippen molar-refractivity contribution in [3.63, 3.8) is 0 Å². The van der Waals surface area contributed by atoms with Crippen LogP contribution in [0.2, 0.25) is 0 Å². The molecule has 5 heteroatoms. The summed E-state index contributed by atoms with van der Waals surface area (Å²) in [4.78, 5) is 1.37. The third kappa shape index (κ3) is 3.15. The van der Waals surface area contributed by atoms with Gasteiger partial charge in [0.15, 0.2) is 9.84 Å². The lowest BCUT2D eigenvalue weighted by Gasteiger charge is -2.27. The highest BCUT2D eigenvalue weighted by Crippen LogP contribution is 2.36. The van der Waals surface area contributed by atoms with E-state index < -0.39 is 9.84 Å².